The van der Waals surface area contributed by atoms with E-state index in [0.717, 1.165) is 11.8 Å². The third-order valence-corrected chi connectivity index (χ3v) is 7.00. The summed E-state index contributed by atoms with van der Waals surface area (Å²) in [6.45, 7) is 0.810. The quantitative estimate of drug-likeness (QED) is 0.612. The van der Waals surface area contributed by atoms with Crippen molar-refractivity contribution in [1.82, 2.24) is 5.32 Å². The highest BCUT2D eigenvalue weighted by Crippen LogP contribution is 2.34. The van der Waals surface area contributed by atoms with Gasteiger partial charge in [0.2, 0.25) is 10.0 Å². The minimum atomic E-state index is -3.60. The van der Waals surface area contributed by atoms with Gasteiger partial charge in [0.25, 0.3) is 5.91 Å². The van der Waals surface area contributed by atoms with E-state index < -0.39 is 10.0 Å². The standard InChI is InChI=1S/C24H32N2O5S/c1-30-21-13-14-23(31-2)22(15-21)26(32(3,28)29)17-19-9-11-20(12-10-19)24(27)25-16-18-7-5-4-6-8-18/h9-15,18H,4-8,16-17H2,1-3H3,(H,25,27). The highest BCUT2D eigenvalue weighted by molar-refractivity contribution is 7.92. The van der Waals surface area contributed by atoms with Crippen molar-refractivity contribution < 1.29 is 22.7 Å². The van der Waals surface area contributed by atoms with Gasteiger partial charge >= 0.3 is 0 Å². The number of methoxy groups -OCH3 is 2. The molecule has 7 nitrogen and oxygen atoms in total. The van der Waals surface area contributed by atoms with Crippen LogP contribution in [-0.4, -0.2) is 41.3 Å². The molecule has 1 aliphatic rings. The van der Waals surface area contributed by atoms with Gasteiger partial charge in [-0.1, -0.05) is 31.4 Å². The molecule has 174 valence electrons. The maximum absolute atomic E-state index is 12.6. The monoisotopic (exact) mass is 460 g/mol. The zero-order valence-electron chi connectivity index (χ0n) is 19.0. The molecule has 2 aromatic rings. The number of carbonyl (C=O) groups excluding carboxylic acids is 1. The van der Waals surface area contributed by atoms with E-state index in [2.05, 4.69) is 5.32 Å². The van der Waals surface area contributed by atoms with Crippen LogP contribution >= 0.6 is 0 Å². The Balaban J connectivity index is 1.73. The maximum atomic E-state index is 12.6. The van der Waals surface area contributed by atoms with Gasteiger partial charge in [-0.2, -0.15) is 0 Å². The first-order valence-electron chi connectivity index (χ1n) is 10.9. The Morgan fingerprint density at radius 2 is 1.72 bits per heavy atom. The van der Waals surface area contributed by atoms with Gasteiger partial charge in [-0.05, 0) is 48.6 Å². The normalized spacial score (nSPS) is 14.6. The summed E-state index contributed by atoms with van der Waals surface area (Å²) in [4.78, 5) is 12.5. The Labute approximate surface area is 190 Å². The second-order valence-electron chi connectivity index (χ2n) is 8.22. The molecule has 0 unspecified atom stereocenters. The molecule has 1 fully saturated rings. The summed E-state index contributed by atoms with van der Waals surface area (Å²) in [5.74, 6) is 1.42. The topological polar surface area (TPSA) is 84.9 Å². The molecule has 0 atom stereocenters. The number of hydrogen-bond acceptors (Lipinski definition) is 5. The van der Waals surface area contributed by atoms with Crippen molar-refractivity contribution in [1.29, 1.82) is 0 Å². The summed E-state index contributed by atoms with van der Waals surface area (Å²) in [6, 6.07) is 12.0. The molecular weight excluding hydrogens is 428 g/mol. The summed E-state index contributed by atoms with van der Waals surface area (Å²) < 4.78 is 37.1. The Bertz CT molecular complexity index is 1020. The lowest BCUT2D eigenvalue weighted by Gasteiger charge is -2.25. The molecule has 0 heterocycles. The minimum Gasteiger partial charge on any atom is -0.497 e. The Hall–Kier alpha value is -2.74. The van der Waals surface area contributed by atoms with Crippen LogP contribution in [0.2, 0.25) is 0 Å². The highest BCUT2D eigenvalue weighted by atomic mass is 32.2. The first kappa shape index (κ1) is 23.9. The molecule has 1 amide bonds. The lowest BCUT2D eigenvalue weighted by Crippen LogP contribution is -2.30. The number of rotatable bonds is 9. The fourth-order valence-corrected chi connectivity index (χ4v) is 4.91. The molecule has 0 radical (unpaired) electrons. The van der Waals surface area contributed by atoms with Crippen LogP contribution in [0.25, 0.3) is 0 Å². The van der Waals surface area contributed by atoms with Crippen molar-refractivity contribution in [3.8, 4) is 11.5 Å². The largest absolute Gasteiger partial charge is 0.497 e. The van der Waals surface area contributed by atoms with Gasteiger partial charge in [0, 0.05) is 18.2 Å². The lowest BCUT2D eigenvalue weighted by molar-refractivity contribution is 0.0943. The van der Waals surface area contributed by atoms with E-state index in [9.17, 15) is 13.2 Å². The van der Waals surface area contributed by atoms with Crippen molar-refractivity contribution >= 4 is 21.6 Å². The van der Waals surface area contributed by atoms with Gasteiger partial charge < -0.3 is 14.8 Å². The van der Waals surface area contributed by atoms with Gasteiger partial charge in [0.05, 0.1) is 32.7 Å². The van der Waals surface area contributed by atoms with Gasteiger partial charge in [-0.15, -0.1) is 0 Å². The first-order valence-corrected chi connectivity index (χ1v) is 12.7. The van der Waals surface area contributed by atoms with E-state index in [1.54, 1.807) is 42.5 Å². The predicted molar refractivity (Wildman–Crippen MR) is 126 cm³/mol. The van der Waals surface area contributed by atoms with E-state index in [4.69, 9.17) is 9.47 Å². The van der Waals surface area contributed by atoms with Crippen LogP contribution in [0, 0.1) is 5.92 Å². The van der Waals surface area contributed by atoms with Gasteiger partial charge in [-0.25, -0.2) is 8.42 Å². The smallest absolute Gasteiger partial charge is 0.251 e. The number of benzene rings is 2. The first-order chi connectivity index (χ1) is 15.3. The molecule has 2 aromatic carbocycles. The summed E-state index contributed by atoms with van der Waals surface area (Å²) >= 11 is 0. The second-order valence-corrected chi connectivity index (χ2v) is 10.1. The van der Waals surface area contributed by atoms with Crippen LogP contribution in [-0.2, 0) is 16.6 Å². The van der Waals surface area contributed by atoms with Crippen molar-refractivity contribution in [3.05, 3.63) is 53.6 Å². The van der Waals surface area contributed by atoms with Crippen LogP contribution in [0.5, 0.6) is 11.5 Å². The van der Waals surface area contributed by atoms with E-state index >= 15 is 0 Å². The van der Waals surface area contributed by atoms with Crippen molar-refractivity contribution in [2.24, 2.45) is 5.92 Å². The van der Waals surface area contributed by atoms with Crippen molar-refractivity contribution in [3.63, 3.8) is 0 Å². The van der Waals surface area contributed by atoms with E-state index in [-0.39, 0.29) is 12.5 Å². The molecule has 0 aliphatic heterocycles. The van der Waals surface area contributed by atoms with E-state index in [1.807, 2.05) is 0 Å². The highest BCUT2D eigenvalue weighted by Gasteiger charge is 2.23. The van der Waals surface area contributed by atoms with Crippen molar-refractivity contribution in [2.75, 3.05) is 31.3 Å². The van der Waals surface area contributed by atoms with Crippen molar-refractivity contribution in [2.45, 2.75) is 38.6 Å². The van der Waals surface area contributed by atoms with Gasteiger partial charge in [-0.3, -0.25) is 9.10 Å². The number of sulfonamides is 1. The Morgan fingerprint density at radius 3 is 2.31 bits per heavy atom. The van der Waals surface area contributed by atoms with E-state index in [1.165, 1.54) is 50.6 Å². The number of hydrogen-bond donors (Lipinski definition) is 1. The summed E-state index contributed by atoms with van der Waals surface area (Å²) in [5.41, 5.74) is 1.71. The zero-order chi connectivity index (χ0) is 23.1. The number of nitrogens with one attached hydrogen (secondary N) is 1. The number of carbonyl (C=O) groups is 1. The molecular formula is C24H32N2O5S. The maximum Gasteiger partial charge on any atom is 0.251 e. The molecule has 3 rings (SSSR count). The van der Waals surface area contributed by atoms with Gasteiger partial charge in [0.1, 0.15) is 11.5 Å². The third kappa shape index (κ3) is 6.16. The molecule has 0 spiro atoms. The Kier molecular flexibility index (Phi) is 8.01. The van der Waals surface area contributed by atoms with Crippen LogP contribution in [0.3, 0.4) is 0 Å². The molecule has 0 saturated heterocycles. The summed E-state index contributed by atoms with van der Waals surface area (Å²) in [6.07, 6.45) is 7.27. The molecule has 0 bridgehead atoms. The fourth-order valence-electron chi connectivity index (χ4n) is 4.03. The lowest BCUT2D eigenvalue weighted by atomic mass is 9.89. The molecule has 1 saturated carbocycles. The Morgan fingerprint density at radius 1 is 1.03 bits per heavy atom. The SMILES string of the molecule is COc1ccc(OC)c(N(Cc2ccc(C(=O)NCC3CCCCC3)cc2)S(C)(=O)=O)c1. The molecule has 32 heavy (non-hydrogen) atoms. The molecule has 8 heteroatoms. The van der Waals surface area contributed by atoms with Gasteiger partial charge in [0.15, 0.2) is 0 Å². The van der Waals surface area contributed by atoms with Crippen LogP contribution < -0.4 is 19.1 Å². The minimum absolute atomic E-state index is 0.100. The number of amides is 1. The molecule has 1 aliphatic carbocycles. The summed E-state index contributed by atoms with van der Waals surface area (Å²) in [5, 5.41) is 3.03. The number of nitrogens with zero attached hydrogens (tertiary/aromatic N) is 1. The molecule has 0 aromatic heterocycles. The number of anilines is 1. The van der Waals surface area contributed by atoms with Crippen LogP contribution in [0.1, 0.15) is 48.0 Å². The molecule has 1 N–H and O–H groups in total. The average molecular weight is 461 g/mol. The number of ether oxygens (including phenoxy) is 2. The summed E-state index contributed by atoms with van der Waals surface area (Å²) in [7, 11) is -0.588. The average Bonchev–Trinajstić information content (AvgIpc) is 2.81. The predicted octanol–water partition coefficient (Wildman–Crippen LogP) is 3.98. The zero-order valence-corrected chi connectivity index (χ0v) is 19.8. The van der Waals surface area contributed by atoms with Crippen LogP contribution in [0.15, 0.2) is 42.5 Å². The third-order valence-electron chi connectivity index (χ3n) is 5.87. The van der Waals surface area contributed by atoms with E-state index in [0.29, 0.717) is 35.2 Å². The fraction of sp³-hybridized carbons (Fsp3) is 0.458. The second kappa shape index (κ2) is 10.7. The van der Waals surface area contributed by atoms with Crippen LogP contribution in [0.4, 0.5) is 5.69 Å².